The van der Waals surface area contributed by atoms with Gasteiger partial charge in [0, 0.05) is 15.3 Å². The Labute approximate surface area is 192 Å². The first-order valence-electron chi connectivity index (χ1n) is 7.94. The lowest BCUT2D eigenvalue weighted by molar-refractivity contribution is -0.647. The van der Waals surface area contributed by atoms with Crippen LogP contribution in [0.1, 0.15) is 20.8 Å². The van der Waals surface area contributed by atoms with Crippen LogP contribution in [0, 0.1) is 0 Å². The molecule has 28 heavy (non-hydrogen) atoms. The third-order valence-electron chi connectivity index (χ3n) is 3.43. The third kappa shape index (κ3) is 4.61. The highest BCUT2D eigenvalue weighted by molar-refractivity contribution is 6.41. The fourth-order valence-electron chi connectivity index (χ4n) is 2.40. The van der Waals surface area contributed by atoms with Gasteiger partial charge in [-0.3, -0.25) is 5.32 Å². The molecule has 2 aromatic carbocycles. The molecule has 0 atom stereocenters. The summed E-state index contributed by atoms with van der Waals surface area (Å²) < 4.78 is 1.47. The van der Waals surface area contributed by atoms with Crippen molar-refractivity contribution < 1.29 is 4.68 Å². The molecule has 0 amide bonds. The number of benzene rings is 2. The van der Waals surface area contributed by atoms with Gasteiger partial charge in [-0.15, -0.1) is 0 Å². The Morgan fingerprint density at radius 3 is 1.75 bits per heavy atom. The topological polar surface area (TPSA) is 46.6 Å². The number of hydrogen-bond acceptors (Lipinski definition) is 3. The maximum Gasteiger partial charge on any atom is 0.404 e. The van der Waals surface area contributed by atoms with E-state index in [0.717, 1.165) is 0 Å². The van der Waals surface area contributed by atoms with Crippen LogP contribution >= 0.6 is 69.6 Å². The summed E-state index contributed by atoms with van der Waals surface area (Å²) in [6, 6.07) is 6.24. The molecule has 3 aromatic rings. The van der Waals surface area contributed by atoms with Crippen molar-refractivity contribution in [1.82, 2.24) is 15.1 Å². The van der Waals surface area contributed by atoms with E-state index in [4.69, 9.17) is 69.6 Å². The Balaban J connectivity index is 2.27. The van der Waals surface area contributed by atoms with Gasteiger partial charge in [0.25, 0.3) is 0 Å². The van der Waals surface area contributed by atoms with Crippen molar-refractivity contribution in [2.24, 2.45) is 0 Å². The highest BCUT2D eigenvalue weighted by atomic mass is 35.5. The van der Waals surface area contributed by atoms with E-state index in [1.165, 1.54) is 9.48 Å². The molecular weight excluding hydrogens is 487 g/mol. The molecule has 0 aliphatic carbocycles. The highest BCUT2D eigenvalue weighted by Crippen LogP contribution is 2.33. The molecule has 1 heterocycles. The second-order valence-corrected chi connectivity index (χ2v) is 9.43. The summed E-state index contributed by atoms with van der Waals surface area (Å²) in [7, 11) is 0. The molecule has 0 bridgehead atoms. The van der Waals surface area contributed by atoms with Gasteiger partial charge >= 0.3 is 5.95 Å². The van der Waals surface area contributed by atoms with Crippen molar-refractivity contribution in [3.05, 3.63) is 54.4 Å². The van der Waals surface area contributed by atoms with E-state index in [-0.39, 0.29) is 15.6 Å². The van der Waals surface area contributed by atoms with Crippen LogP contribution in [0.15, 0.2) is 24.3 Å². The second-order valence-electron chi connectivity index (χ2n) is 6.93. The van der Waals surface area contributed by atoms with E-state index in [2.05, 4.69) is 15.6 Å². The Morgan fingerprint density at radius 1 is 0.821 bits per heavy atom. The zero-order valence-electron chi connectivity index (χ0n) is 14.9. The molecule has 0 aliphatic heterocycles. The molecule has 0 unspecified atom stereocenters. The number of nitrogens with one attached hydrogen (secondary N) is 1. The SMILES string of the molecule is CC(C)(C)Nc1nn(-c2c(Cl)cc(Cl)cc2Cl)n[n+]1-c1c(Cl)cc(Cl)cc1Cl. The Bertz CT molecular complexity index is 1010. The number of aromatic nitrogens is 4. The number of anilines is 1. The highest BCUT2D eigenvalue weighted by Gasteiger charge is 2.30. The van der Waals surface area contributed by atoms with Gasteiger partial charge in [-0.1, -0.05) is 74.3 Å². The predicted molar refractivity (Wildman–Crippen MR) is 116 cm³/mol. The van der Waals surface area contributed by atoms with Crippen LogP contribution in [-0.4, -0.2) is 20.6 Å². The van der Waals surface area contributed by atoms with Crippen LogP contribution in [-0.2, 0) is 0 Å². The number of nitrogens with zero attached hydrogens (tertiary/aromatic N) is 4. The summed E-state index contributed by atoms with van der Waals surface area (Å²) in [5.74, 6) is 0.376. The number of hydrogen-bond donors (Lipinski definition) is 1. The summed E-state index contributed by atoms with van der Waals surface area (Å²) in [6.45, 7) is 5.93. The van der Waals surface area contributed by atoms with Gasteiger partial charge in [0.2, 0.25) is 0 Å². The van der Waals surface area contributed by atoms with Crippen LogP contribution in [0.3, 0.4) is 0 Å². The Morgan fingerprint density at radius 2 is 1.29 bits per heavy atom. The standard InChI is InChI=1S/C17H14Cl6N5/c1-17(2,3)24-16-25-28(15-12(22)6-9(19)7-13(15)23)26-27(16)14-10(20)4-8(18)5-11(14)21/h4-7H,1-3H3,(H,24,25,26)/q+1. The van der Waals surface area contributed by atoms with Crippen LogP contribution < -0.4 is 10.00 Å². The molecule has 5 nitrogen and oxygen atoms in total. The summed E-state index contributed by atoms with van der Waals surface area (Å²) in [4.78, 5) is 1.29. The van der Waals surface area contributed by atoms with Gasteiger partial charge in [0.05, 0.1) is 30.7 Å². The minimum Gasteiger partial charge on any atom is -0.286 e. The van der Waals surface area contributed by atoms with Crippen molar-refractivity contribution >= 4 is 75.6 Å². The molecule has 11 heteroatoms. The minimum absolute atomic E-state index is 0.287. The van der Waals surface area contributed by atoms with E-state index in [0.29, 0.717) is 37.4 Å². The summed E-state index contributed by atoms with van der Waals surface area (Å²) >= 11 is 37.5. The van der Waals surface area contributed by atoms with Gasteiger partial charge in [0.1, 0.15) is 0 Å². The number of halogens is 6. The Kier molecular flexibility index (Phi) is 6.26. The van der Waals surface area contributed by atoms with Gasteiger partial charge in [-0.05, 0) is 49.8 Å². The van der Waals surface area contributed by atoms with Crippen molar-refractivity contribution in [2.45, 2.75) is 26.3 Å². The van der Waals surface area contributed by atoms with E-state index in [1.807, 2.05) is 20.8 Å². The normalized spacial score (nSPS) is 11.8. The smallest absolute Gasteiger partial charge is 0.286 e. The second kappa shape index (κ2) is 8.05. The summed E-state index contributed by atoms with van der Waals surface area (Å²) in [5, 5.41) is 14.2. The first-order valence-corrected chi connectivity index (χ1v) is 10.2. The largest absolute Gasteiger partial charge is 0.404 e. The number of tetrazole rings is 1. The fourth-order valence-corrected chi connectivity index (χ4v) is 4.35. The maximum atomic E-state index is 6.39. The molecule has 1 aromatic heterocycles. The molecule has 0 spiro atoms. The lowest BCUT2D eigenvalue weighted by Gasteiger charge is -2.16. The lowest BCUT2D eigenvalue weighted by atomic mass is 10.1. The first-order chi connectivity index (χ1) is 13.0. The zero-order chi connectivity index (χ0) is 20.8. The molecule has 0 radical (unpaired) electrons. The van der Waals surface area contributed by atoms with Crippen LogP contribution in [0.4, 0.5) is 5.95 Å². The molecule has 0 saturated carbocycles. The summed E-state index contributed by atoms with van der Waals surface area (Å²) in [5.41, 5.74) is 0.443. The quantitative estimate of drug-likeness (QED) is 0.408. The predicted octanol–water partition coefficient (Wildman–Crippen LogP) is 6.67. The van der Waals surface area contributed by atoms with Crippen molar-refractivity contribution in [3.8, 4) is 11.4 Å². The molecule has 0 aliphatic rings. The van der Waals surface area contributed by atoms with Gasteiger partial charge in [0.15, 0.2) is 11.4 Å². The van der Waals surface area contributed by atoms with Crippen molar-refractivity contribution in [2.75, 3.05) is 5.32 Å². The summed E-state index contributed by atoms with van der Waals surface area (Å²) in [6.07, 6.45) is 0. The monoisotopic (exact) mass is 498 g/mol. The van der Waals surface area contributed by atoms with Gasteiger partial charge in [-0.2, -0.15) is 0 Å². The first kappa shape index (κ1) is 21.8. The average Bonchev–Trinajstić information content (AvgIpc) is 2.86. The lowest BCUT2D eigenvalue weighted by Crippen LogP contribution is -2.41. The maximum absolute atomic E-state index is 6.39. The third-order valence-corrected chi connectivity index (χ3v) is 5.02. The number of rotatable bonds is 3. The van der Waals surface area contributed by atoms with Crippen molar-refractivity contribution in [1.29, 1.82) is 0 Å². The molecule has 1 N–H and O–H groups in total. The molecule has 148 valence electrons. The van der Waals surface area contributed by atoms with Gasteiger partial charge in [-0.25, -0.2) is 0 Å². The van der Waals surface area contributed by atoms with Crippen LogP contribution in [0.5, 0.6) is 0 Å². The minimum atomic E-state index is -0.332. The van der Waals surface area contributed by atoms with E-state index in [9.17, 15) is 0 Å². The molecular formula is C17H14Cl6N5+. The molecule has 3 rings (SSSR count). The fraction of sp³-hybridized carbons (Fsp3) is 0.235. The van der Waals surface area contributed by atoms with Gasteiger partial charge < -0.3 is 0 Å². The Hall–Kier alpha value is -0.950. The van der Waals surface area contributed by atoms with Crippen LogP contribution in [0.25, 0.3) is 11.4 Å². The van der Waals surface area contributed by atoms with Crippen molar-refractivity contribution in [3.63, 3.8) is 0 Å². The van der Waals surface area contributed by atoms with E-state index < -0.39 is 0 Å². The molecule has 0 fully saturated rings. The molecule has 0 saturated heterocycles. The zero-order valence-corrected chi connectivity index (χ0v) is 19.4. The van der Waals surface area contributed by atoms with E-state index in [1.54, 1.807) is 24.3 Å². The van der Waals surface area contributed by atoms with E-state index >= 15 is 0 Å². The average molecular weight is 501 g/mol. The van der Waals surface area contributed by atoms with Crippen LogP contribution in [0.2, 0.25) is 30.1 Å².